The molecule has 2 N–H and O–H groups in total. The van der Waals surface area contributed by atoms with Gasteiger partial charge in [0, 0.05) is 29.8 Å². The van der Waals surface area contributed by atoms with E-state index in [0.717, 1.165) is 6.07 Å². The maximum absolute atomic E-state index is 14.6. The minimum atomic E-state index is -0.715. The molecule has 34 heavy (non-hydrogen) atoms. The van der Waals surface area contributed by atoms with E-state index in [0.29, 0.717) is 40.9 Å². The number of halogens is 3. The van der Waals surface area contributed by atoms with Gasteiger partial charge in [0.05, 0.1) is 30.6 Å². The standard InChI is InChI=1S/C25H21F3N4O2/c26-17-3-1-14(2-4-17)23-22(19-11-18(27)12-20(28)24(19)31-23)15-9-16(10-15)25(34)32(7-8-33)21-13-29-5-6-30-21/h1-6,11-13,15-16,31,33H,7-10H2. The van der Waals surface area contributed by atoms with Crippen molar-refractivity contribution in [2.75, 3.05) is 18.1 Å². The molecule has 9 heteroatoms. The number of rotatable bonds is 6. The normalized spacial score (nSPS) is 17.5. The number of anilines is 1. The smallest absolute Gasteiger partial charge is 0.231 e. The molecule has 0 bridgehead atoms. The fraction of sp³-hybridized carbons (Fsp3) is 0.240. The van der Waals surface area contributed by atoms with Crippen LogP contribution >= 0.6 is 0 Å². The van der Waals surface area contributed by atoms with E-state index in [4.69, 9.17) is 0 Å². The fourth-order valence-electron chi connectivity index (χ4n) is 4.65. The van der Waals surface area contributed by atoms with Crippen LogP contribution in [0.2, 0.25) is 0 Å². The molecule has 1 fully saturated rings. The fourth-order valence-corrected chi connectivity index (χ4v) is 4.65. The van der Waals surface area contributed by atoms with Crippen molar-refractivity contribution < 1.29 is 23.1 Å². The lowest BCUT2D eigenvalue weighted by Crippen LogP contribution is -2.43. The van der Waals surface area contributed by atoms with Gasteiger partial charge in [0.15, 0.2) is 5.82 Å². The molecule has 1 aliphatic rings. The van der Waals surface area contributed by atoms with E-state index >= 15 is 0 Å². The van der Waals surface area contributed by atoms with Crippen LogP contribution in [-0.4, -0.2) is 39.1 Å². The van der Waals surface area contributed by atoms with Crippen LogP contribution in [0.15, 0.2) is 55.0 Å². The van der Waals surface area contributed by atoms with Crippen LogP contribution in [0.4, 0.5) is 19.0 Å². The van der Waals surface area contributed by atoms with Crippen molar-refractivity contribution in [3.05, 3.63) is 78.0 Å². The van der Waals surface area contributed by atoms with E-state index in [2.05, 4.69) is 15.0 Å². The lowest BCUT2D eigenvalue weighted by atomic mass is 9.69. The van der Waals surface area contributed by atoms with Crippen molar-refractivity contribution in [3.63, 3.8) is 0 Å². The van der Waals surface area contributed by atoms with E-state index < -0.39 is 17.5 Å². The lowest BCUT2D eigenvalue weighted by Gasteiger charge is -2.37. The summed E-state index contributed by atoms with van der Waals surface area (Å²) in [4.78, 5) is 25.8. The van der Waals surface area contributed by atoms with Gasteiger partial charge >= 0.3 is 0 Å². The number of aromatic amines is 1. The van der Waals surface area contributed by atoms with Crippen molar-refractivity contribution in [1.29, 1.82) is 0 Å². The Labute approximate surface area is 193 Å². The zero-order valence-electron chi connectivity index (χ0n) is 18.0. The van der Waals surface area contributed by atoms with Crippen LogP contribution < -0.4 is 4.90 Å². The van der Waals surface area contributed by atoms with Gasteiger partial charge in [0.2, 0.25) is 5.91 Å². The Balaban J connectivity index is 1.48. The summed E-state index contributed by atoms with van der Waals surface area (Å²) in [6.07, 6.45) is 5.35. The number of aromatic nitrogens is 3. The van der Waals surface area contributed by atoms with E-state index in [1.54, 1.807) is 12.1 Å². The first-order chi connectivity index (χ1) is 16.5. The van der Waals surface area contributed by atoms with E-state index in [1.165, 1.54) is 41.7 Å². The van der Waals surface area contributed by atoms with Crippen LogP contribution in [-0.2, 0) is 4.79 Å². The zero-order valence-corrected chi connectivity index (χ0v) is 18.0. The molecule has 174 valence electrons. The zero-order chi connectivity index (χ0) is 23.8. The highest BCUT2D eigenvalue weighted by Crippen LogP contribution is 2.49. The summed E-state index contributed by atoms with van der Waals surface area (Å²) in [7, 11) is 0. The molecule has 1 saturated carbocycles. The molecular weight excluding hydrogens is 445 g/mol. The molecule has 0 aliphatic heterocycles. The van der Waals surface area contributed by atoms with Crippen LogP contribution in [0.1, 0.15) is 24.3 Å². The van der Waals surface area contributed by atoms with Gasteiger partial charge in [-0.3, -0.25) is 14.7 Å². The van der Waals surface area contributed by atoms with Gasteiger partial charge in [-0.05, 0) is 60.2 Å². The summed E-state index contributed by atoms with van der Waals surface area (Å²) >= 11 is 0. The largest absolute Gasteiger partial charge is 0.395 e. The Bertz CT molecular complexity index is 1340. The minimum Gasteiger partial charge on any atom is -0.395 e. The number of aliphatic hydroxyl groups is 1. The summed E-state index contributed by atoms with van der Waals surface area (Å²) in [6, 6.07) is 7.87. The minimum absolute atomic E-state index is 0.0863. The number of fused-ring (bicyclic) bond motifs is 1. The van der Waals surface area contributed by atoms with Crippen molar-refractivity contribution >= 4 is 22.6 Å². The summed E-state index contributed by atoms with van der Waals surface area (Å²) in [6.45, 7) is -0.142. The molecule has 0 unspecified atom stereocenters. The number of hydrogen-bond donors (Lipinski definition) is 2. The van der Waals surface area contributed by atoms with Crippen molar-refractivity contribution in [2.24, 2.45) is 5.92 Å². The number of amides is 1. The molecule has 5 rings (SSSR count). The summed E-state index contributed by atoms with van der Waals surface area (Å²) in [5.41, 5.74) is 2.10. The van der Waals surface area contributed by atoms with Crippen LogP contribution in [0, 0.1) is 23.4 Å². The number of nitrogens with zero attached hydrogens (tertiary/aromatic N) is 3. The summed E-state index contributed by atoms with van der Waals surface area (Å²) in [5, 5.41) is 9.84. The number of aliphatic hydroxyl groups excluding tert-OH is 1. The first-order valence-electron chi connectivity index (χ1n) is 10.9. The van der Waals surface area contributed by atoms with Crippen molar-refractivity contribution in [3.8, 4) is 11.3 Å². The van der Waals surface area contributed by atoms with E-state index in [9.17, 15) is 23.1 Å². The van der Waals surface area contributed by atoms with Gasteiger partial charge in [-0.2, -0.15) is 0 Å². The Morgan fingerprint density at radius 2 is 1.85 bits per heavy atom. The third kappa shape index (κ3) is 3.92. The number of carbonyl (C=O) groups excluding carboxylic acids is 1. The Hall–Kier alpha value is -3.72. The SMILES string of the molecule is O=C(C1CC(c2c(-c3ccc(F)cc3)[nH]c3c(F)cc(F)cc23)C1)N(CCO)c1cnccn1. The molecule has 6 nitrogen and oxygen atoms in total. The highest BCUT2D eigenvalue weighted by atomic mass is 19.1. The maximum atomic E-state index is 14.6. The third-order valence-electron chi connectivity index (χ3n) is 6.31. The molecule has 1 amide bonds. The number of nitrogens with one attached hydrogen (secondary N) is 1. The molecule has 1 aliphatic carbocycles. The topological polar surface area (TPSA) is 82.1 Å². The number of H-pyrrole nitrogens is 1. The van der Waals surface area contributed by atoms with Crippen molar-refractivity contribution in [2.45, 2.75) is 18.8 Å². The molecule has 2 aromatic heterocycles. The van der Waals surface area contributed by atoms with E-state index in [1.807, 2.05) is 0 Å². The monoisotopic (exact) mass is 466 g/mol. The molecule has 0 radical (unpaired) electrons. The average Bonchev–Trinajstić information content (AvgIpc) is 3.17. The van der Waals surface area contributed by atoms with Gasteiger partial charge in [0.1, 0.15) is 17.5 Å². The second-order valence-corrected chi connectivity index (χ2v) is 8.37. The van der Waals surface area contributed by atoms with Crippen molar-refractivity contribution in [1.82, 2.24) is 15.0 Å². The molecule has 0 spiro atoms. The van der Waals surface area contributed by atoms with E-state index in [-0.39, 0.29) is 36.4 Å². The number of benzene rings is 2. The molecule has 4 aromatic rings. The predicted molar refractivity (Wildman–Crippen MR) is 121 cm³/mol. The Kier molecular flexibility index (Phi) is 5.79. The molecular formula is C25H21F3N4O2. The lowest BCUT2D eigenvalue weighted by molar-refractivity contribution is -0.125. The Morgan fingerprint density at radius 1 is 1.09 bits per heavy atom. The maximum Gasteiger partial charge on any atom is 0.231 e. The summed E-state index contributed by atoms with van der Waals surface area (Å²) < 4.78 is 42.2. The van der Waals surface area contributed by atoms with Crippen LogP contribution in [0.5, 0.6) is 0 Å². The van der Waals surface area contributed by atoms with Gasteiger partial charge in [-0.1, -0.05) is 0 Å². The quantitative estimate of drug-likeness (QED) is 0.437. The molecule has 0 atom stereocenters. The van der Waals surface area contributed by atoms with Gasteiger partial charge in [0.25, 0.3) is 0 Å². The second-order valence-electron chi connectivity index (χ2n) is 8.37. The van der Waals surface area contributed by atoms with Gasteiger partial charge in [-0.25, -0.2) is 18.2 Å². The van der Waals surface area contributed by atoms with Crippen LogP contribution in [0.25, 0.3) is 22.2 Å². The predicted octanol–water partition coefficient (Wildman–Crippen LogP) is 4.56. The summed E-state index contributed by atoms with van der Waals surface area (Å²) in [5.74, 6) is -2.13. The average molecular weight is 466 g/mol. The second kappa shape index (κ2) is 8.90. The third-order valence-corrected chi connectivity index (χ3v) is 6.31. The number of hydrogen-bond acceptors (Lipinski definition) is 4. The highest BCUT2D eigenvalue weighted by molar-refractivity contribution is 5.96. The number of carbonyl (C=O) groups is 1. The first-order valence-corrected chi connectivity index (χ1v) is 10.9. The molecule has 0 saturated heterocycles. The van der Waals surface area contributed by atoms with Crippen LogP contribution in [0.3, 0.4) is 0 Å². The first kappa shape index (κ1) is 22.1. The molecule has 2 aromatic carbocycles. The molecule has 2 heterocycles. The van der Waals surface area contributed by atoms with Gasteiger partial charge < -0.3 is 10.1 Å². The Morgan fingerprint density at radius 3 is 2.53 bits per heavy atom. The highest BCUT2D eigenvalue weighted by Gasteiger charge is 2.40. The van der Waals surface area contributed by atoms with Gasteiger partial charge in [-0.15, -0.1) is 0 Å².